The lowest BCUT2D eigenvalue weighted by Crippen LogP contribution is -2.27. The summed E-state index contributed by atoms with van der Waals surface area (Å²) in [6.45, 7) is 1.85. The molecule has 0 aliphatic rings. The number of amides is 1. The van der Waals surface area contributed by atoms with Crippen LogP contribution in [-0.4, -0.2) is 72.6 Å². The van der Waals surface area contributed by atoms with E-state index in [-0.39, 0.29) is 34.6 Å². The molecule has 1 aromatic heterocycles. The molecule has 0 spiro atoms. The first kappa shape index (κ1) is 30.0. The second kappa shape index (κ2) is 13.0. The van der Waals surface area contributed by atoms with Crippen LogP contribution in [0, 0.1) is 5.82 Å². The van der Waals surface area contributed by atoms with E-state index in [9.17, 15) is 18.0 Å². The summed E-state index contributed by atoms with van der Waals surface area (Å²) in [5, 5.41) is 3.94. The lowest BCUT2D eigenvalue weighted by molar-refractivity contribution is 0.172. The standard InChI is InChI=1S/C26H34FN5O6S/c1-28-39(35,36)30-22-9-6-8-17(24(22)27)14-20-21(16-29-12-7-13-31(2)3)19-11-10-18(37-26(34)32(4)5)15-23(19)38-25(20)33/h6,8-11,15,28-30H,7,12-14,16H2,1-5H3. The van der Waals surface area contributed by atoms with Crippen molar-refractivity contribution in [2.75, 3.05) is 53.0 Å². The Balaban J connectivity index is 2.03. The number of nitrogens with zero attached hydrogens (tertiary/aromatic N) is 2. The van der Waals surface area contributed by atoms with E-state index in [4.69, 9.17) is 9.15 Å². The molecule has 3 aromatic rings. The predicted octanol–water partition coefficient (Wildman–Crippen LogP) is 2.50. The minimum absolute atomic E-state index is 0.114. The molecule has 0 aliphatic heterocycles. The highest BCUT2D eigenvalue weighted by molar-refractivity contribution is 7.90. The molecule has 212 valence electrons. The number of carbonyl (C=O) groups is 1. The highest BCUT2D eigenvalue weighted by Crippen LogP contribution is 2.28. The van der Waals surface area contributed by atoms with E-state index in [1.165, 1.54) is 36.2 Å². The molecule has 2 aromatic carbocycles. The zero-order valence-corrected chi connectivity index (χ0v) is 23.4. The molecule has 1 amide bonds. The van der Waals surface area contributed by atoms with E-state index in [1.807, 2.05) is 14.1 Å². The van der Waals surface area contributed by atoms with Crippen molar-refractivity contribution in [2.45, 2.75) is 19.4 Å². The fourth-order valence-electron chi connectivity index (χ4n) is 3.84. The predicted molar refractivity (Wildman–Crippen MR) is 148 cm³/mol. The summed E-state index contributed by atoms with van der Waals surface area (Å²) in [6, 6.07) is 9.01. The van der Waals surface area contributed by atoms with Crippen molar-refractivity contribution in [1.29, 1.82) is 0 Å². The van der Waals surface area contributed by atoms with E-state index < -0.39 is 27.7 Å². The number of rotatable bonds is 12. The summed E-state index contributed by atoms with van der Waals surface area (Å²) in [4.78, 5) is 28.5. The van der Waals surface area contributed by atoms with Crippen molar-refractivity contribution in [1.82, 2.24) is 19.8 Å². The first-order chi connectivity index (χ1) is 18.4. The Hall–Kier alpha value is -3.52. The molecule has 3 rings (SSSR count). The number of hydrogen-bond acceptors (Lipinski definition) is 8. The quantitative estimate of drug-likeness (QED) is 0.226. The van der Waals surface area contributed by atoms with Gasteiger partial charge in [-0.1, -0.05) is 12.1 Å². The molecule has 0 saturated heterocycles. The van der Waals surface area contributed by atoms with Gasteiger partial charge in [0.25, 0.3) is 10.2 Å². The Kier molecular flexibility index (Phi) is 10.0. The smallest absolute Gasteiger partial charge is 0.414 e. The van der Waals surface area contributed by atoms with Crippen molar-refractivity contribution >= 4 is 33.0 Å². The Labute approximate surface area is 227 Å². The molecule has 3 N–H and O–H groups in total. The number of fused-ring (bicyclic) bond motifs is 1. The van der Waals surface area contributed by atoms with Crippen molar-refractivity contribution in [3.63, 3.8) is 0 Å². The highest BCUT2D eigenvalue weighted by Gasteiger charge is 2.20. The maximum absolute atomic E-state index is 15.3. The highest BCUT2D eigenvalue weighted by atomic mass is 32.2. The number of benzene rings is 2. The number of halogens is 1. The largest absolute Gasteiger partial charge is 0.422 e. The third-order valence-corrected chi connectivity index (χ3v) is 6.91. The third kappa shape index (κ3) is 7.99. The van der Waals surface area contributed by atoms with Crippen LogP contribution in [0.15, 0.2) is 45.6 Å². The summed E-state index contributed by atoms with van der Waals surface area (Å²) >= 11 is 0. The molecule has 0 aliphatic carbocycles. The summed E-state index contributed by atoms with van der Waals surface area (Å²) in [5.41, 5.74) is 0.245. The molecule has 1 heterocycles. The Bertz CT molecular complexity index is 1490. The molecule has 0 atom stereocenters. The minimum atomic E-state index is -3.94. The van der Waals surface area contributed by atoms with Crippen LogP contribution in [0.4, 0.5) is 14.9 Å². The third-order valence-electron chi connectivity index (χ3n) is 5.88. The fourth-order valence-corrected chi connectivity index (χ4v) is 4.38. The maximum atomic E-state index is 15.3. The van der Waals surface area contributed by atoms with Gasteiger partial charge in [0.1, 0.15) is 11.3 Å². The first-order valence-corrected chi connectivity index (χ1v) is 13.7. The van der Waals surface area contributed by atoms with Gasteiger partial charge < -0.3 is 24.3 Å². The molecule has 0 fully saturated rings. The SMILES string of the molecule is CNS(=O)(=O)Nc1cccc(Cc2c(CNCCCN(C)C)c3ccc(OC(=O)N(C)C)cc3oc2=O)c1F. The molecule has 39 heavy (non-hydrogen) atoms. The average molecular weight is 564 g/mol. The van der Waals surface area contributed by atoms with Crippen molar-refractivity contribution < 1.29 is 26.8 Å². The number of ether oxygens (including phenoxy) is 1. The summed E-state index contributed by atoms with van der Waals surface area (Å²) in [6.07, 6.45) is 0.153. The topological polar surface area (TPSA) is 133 Å². The molecule has 13 heteroatoms. The van der Waals surface area contributed by atoms with Gasteiger partial charge in [0.15, 0.2) is 5.82 Å². The van der Waals surface area contributed by atoms with E-state index in [1.54, 1.807) is 26.2 Å². The molecule has 0 unspecified atom stereocenters. The summed E-state index contributed by atoms with van der Waals surface area (Å²) < 4.78 is 54.2. The van der Waals surface area contributed by atoms with Crippen LogP contribution < -0.4 is 25.1 Å². The summed E-state index contributed by atoms with van der Waals surface area (Å²) in [7, 11) is 4.32. The van der Waals surface area contributed by atoms with Gasteiger partial charge in [-0.05, 0) is 62.9 Å². The lowest BCUT2D eigenvalue weighted by atomic mass is 9.97. The molecule has 0 saturated carbocycles. The van der Waals surface area contributed by atoms with Crippen LogP contribution in [0.2, 0.25) is 0 Å². The summed E-state index contributed by atoms with van der Waals surface area (Å²) in [5.74, 6) is -0.593. The first-order valence-electron chi connectivity index (χ1n) is 12.2. The van der Waals surface area contributed by atoms with E-state index in [0.717, 1.165) is 13.0 Å². The van der Waals surface area contributed by atoms with Crippen LogP contribution >= 0.6 is 0 Å². The van der Waals surface area contributed by atoms with Crippen molar-refractivity contribution in [3.8, 4) is 5.75 Å². The van der Waals surface area contributed by atoms with Gasteiger partial charge in [-0.15, -0.1) is 0 Å². The van der Waals surface area contributed by atoms with Crippen molar-refractivity contribution in [2.24, 2.45) is 0 Å². The second-order valence-corrected chi connectivity index (χ2v) is 11.0. The van der Waals surface area contributed by atoms with Gasteiger partial charge in [-0.25, -0.2) is 18.7 Å². The Morgan fingerprint density at radius 1 is 1.10 bits per heavy atom. The van der Waals surface area contributed by atoms with Gasteiger partial charge >= 0.3 is 11.7 Å². The van der Waals surface area contributed by atoms with Crippen LogP contribution in [0.25, 0.3) is 11.0 Å². The zero-order valence-electron chi connectivity index (χ0n) is 22.6. The van der Waals surface area contributed by atoms with Crippen LogP contribution in [0.1, 0.15) is 23.1 Å². The Morgan fingerprint density at radius 3 is 2.51 bits per heavy atom. The van der Waals surface area contributed by atoms with Gasteiger partial charge in [-0.2, -0.15) is 8.42 Å². The average Bonchev–Trinajstić information content (AvgIpc) is 2.87. The van der Waals surface area contributed by atoms with Gasteiger partial charge in [-0.3, -0.25) is 4.72 Å². The van der Waals surface area contributed by atoms with Crippen LogP contribution in [0.3, 0.4) is 0 Å². The number of carbonyl (C=O) groups excluding carboxylic acids is 1. The lowest BCUT2D eigenvalue weighted by Gasteiger charge is -2.16. The molecule has 0 radical (unpaired) electrons. The van der Waals surface area contributed by atoms with Gasteiger partial charge in [0.2, 0.25) is 0 Å². The molecular formula is C26H34FN5O6S. The normalized spacial score (nSPS) is 11.7. The maximum Gasteiger partial charge on any atom is 0.414 e. The number of nitrogens with one attached hydrogen (secondary N) is 3. The Morgan fingerprint density at radius 2 is 1.85 bits per heavy atom. The fraction of sp³-hybridized carbons (Fsp3) is 0.385. The van der Waals surface area contributed by atoms with E-state index in [2.05, 4.69) is 19.7 Å². The monoisotopic (exact) mass is 563 g/mol. The number of hydrogen-bond donors (Lipinski definition) is 3. The molecular weight excluding hydrogens is 529 g/mol. The minimum Gasteiger partial charge on any atom is -0.422 e. The van der Waals surface area contributed by atoms with Crippen molar-refractivity contribution in [3.05, 3.63) is 69.3 Å². The van der Waals surface area contributed by atoms with Crippen LogP contribution in [-0.2, 0) is 23.2 Å². The van der Waals surface area contributed by atoms with Gasteiger partial charge in [0, 0.05) is 51.1 Å². The zero-order chi connectivity index (χ0) is 28.7. The molecule has 0 bridgehead atoms. The van der Waals surface area contributed by atoms with E-state index in [0.29, 0.717) is 24.0 Å². The molecule has 11 nitrogen and oxygen atoms in total. The number of anilines is 1. The second-order valence-electron chi connectivity index (χ2n) is 9.37. The van der Waals surface area contributed by atoms with Crippen LogP contribution in [0.5, 0.6) is 5.75 Å². The van der Waals surface area contributed by atoms with Gasteiger partial charge in [0.05, 0.1) is 5.69 Å². The van der Waals surface area contributed by atoms with E-state index >= 15 is 4.39 Å².